The Balaban J connectivity index is 2.13. The normalized spacial score (nSPS) is 11.9. The second-order valence-electron chi connectivity index (χ2n) is 4.75. The Hall–Kier alpha value is -1.81. The van der Waals surface area contributed by atoms with Crippen LogP contribution in [0.3, 0.4) is 0 Å². The Morgan fingerprint density at radius 3 is 2.65 bits per heavy atom. The highest BCUT2D eigenvalue weighted by Gasteiger charge is 2.12. The van der Waals surface area contributed by atoms with E-state index < -0.39 is 0 Å². The molecule has 20 heavy (non-hydrogen) atoms. The van der Waals surface area contributed by atoms with Gasteiger partial charge in [0.1, 0.15) is 5.75 Å². The van der Waals surface area contributed by atoms with Crippen molar-refractivity contribution in [3.63, 3.8) is 0 Å². The van der Waals surface area contributed by atoms with Crippen LogP contribution in [0.4, 0.5) is 0 Å². The Labute approximate surface area is 126 Å². The van der Waals surface area contributed by atoms with Gasteiger partial charge >= 0.3 is 0 Å². The molecule has 0 aromatic heterocycles. The van der Waals surface area contributed by atoms with Gasteiger partial charge in [0.25, 0.3) is 5.91 Å². The van der Waals surface area contributed by atoms with E-state index in [4.69, 9.17) is 0 Å². The first-order valence-corrected chi connectivity index (χ1v) is 7.12. The number of aryl methyl sites for hydroxylation is 1. The number of hydrogen-bond donors (Lipinski definition) is 2. The van der Waals surface area contributed by atoms with Crippen LogP contribution in [0.15, 0.2) is 46.9 Å². The third kappa shape index (κ3) is 3.39. The first-order chi connectivity index (χ1) is 9.47. The predicted molar refractivity (Wildman–Crippen MR) is 82.9 cm³/mol. The minimum Gasteiger partial charge on any atom is -0.508 e. The summed E-state index contributed by atoms with van der Waals surface area (Å²) in [4.78, 5) is 12.1. The van der Waals surface area contributed by atoms with E-state index in [1.54, 1.807) is 19.1 Å². The maximum atomic E-state index is 12.1. The van der Waals surface area contributed by atoms with Gasteiger partial charge in [-0.1, -0.05) is 34.1 Å². The average molecular weight is 334 g/mol. The number of rotatable bonds is 3. The lowest BCUT2D eigenvalue weighted by molar-refractivity contribution is 0.0939. The number of phenolic OH excluding ortho intramolecular Hbond substituents is 1. The number of benzene rings is 2. The quantitative estimate of drug-likeness (QED) is 0.893. The fourth-order valence-corrected chi connectivity index (χ4v) is 2.31. The summed E-state index contributed by atoms with van der Waals surface area (Å²) in [7, 11) is 0. The van der Waals surface area contributed by atoms with Crippen molar-refractivity contribution < 1.29 is 9.90 Å². The highest BCUT2D eigenvalue weighted by Crippen LogP contribution is 2.20. The zero-order valence-electron chi connectivity index (χ0n) is 11.4. The lowest BCUT2D eigenvalue weighted by Gasteiger charge is -2.15. The monoisotopic (exact) mass is 333 g/mol. The van der Waals surface area contributed by atoms with Crippen LogP contribution in [0.2, 0.25) is 0 Å². The first-order valence-electron chi connectivity index (χ1n) is 6.33. The summed E-state index contributed by atoms with van der Waals surface area (Å²) in [5, 5.41) is 12.6. The van der Waals surface area contributed by atoms with Gasteiger partial charge < -0.3 is 10.4 Å². The van der Waals surface area contributed by atoms with Gasteiger partial charge in [-0.3, -0.25) is 4.79 Å². The molecule has 2 aromatic rings. The Kier molecular flexibility index (Phi) is 4.45. The van der Waals surface area contributed by atoms with Gasteiger partial charge in [-0.25, -0.2) is 0 Å². The highest BCUT2D eigenvalue weighted by molar-refractivity contribution is 9.10. The highest BCUT2D eigenvalue weighted by atomic mass is 79.9. The SMILES string of the molecule is Cc1ccc(C(=O)NC(C)c2cccc(Br)c2)cc1O. The minimum atomic E-state index is -0.201. The maximum absolute atomic E-state index is 12.1. The van der Waals surface area contributed by atoms with E-state index in [0.29, 0.717) is 5.56 Å². The van der Waals surface area contributed by atoms with Crippen molar-refractivity contribution in [1.29, 1.82) is 0 Å². The van der Waals surface area contributed by atoms with Crippen LogP contribution in [0.25, 0.3) is 0 Å². The molecule has 0 aliphatic heterocycles. The number of phenols is 1. The van der Waals surface area contributed by atoms with Gasteiger partial charge in [-0.2, -0.15) is 0 Å². The minimum absolute atomic E-state index is 0.108. The van der Waals surface area contributed by atoms with Crippen LogP contribution < -0.4 is 5.32 Å². The predicted octanol–water partition coefficient (Wildman–Crippen LogP) is 3.95. The molecular weight excluding hydrogens is 318 g/mol. The van der Waals surface area contributed by atoms with Crippen LogP contribution in [0.1, 0.15) is 34.5 Å². The van der Waals surface area contributed by atoms with Crippen molar-refractivity contribution in [2.75, 3.05) is 0 Å². The van der Waals surface area contributed by atoms with E-state index in [1.165, 1.54) is 6.07 Å². The van der Waals surface area contributed by atoms with E-state index in [0.717, 1.165) is 15.6 Å². The number of carbonyl (C=O) groups excluding carboxylic acids is 1. The molecule has 2 N–H and O–H groups in total. The molecule has 1 amide bonds. The summed E-state index contributed by atoms with van der Waals surface area (Å²) in [5.41, 5.74) is 2.22. The van der Waals surface area contributed by atoms with Crippen molar-refractivity contribution in [2.45, 2.75) is 19.9 Å². The van der Waals surface area contributed by atoms with Crippen LogP contribution in [-0.2, 0) is 0 Å². The third-order valence-electron chi connectivity index (χ3n) is 3.17. The smallest absolute Gasteiger partial charge is 0.251 e. The Bertz CT molecular complexity index is 640. The second kappa shape index (κ2) is 6.09. The molecule has 1 atom stereocenters. The maximum Gasteiger partial charge on any atom is 0.251 e. The molecule has 0 bridgehead atoms. The van der Waals surface area contributed by atoms with Gasteiger partial charge in [0.15, 0.2) is 0 Å². The number of carbonyl (C=O) groups is 1. The molecule has 0 aliphatic rings. The number of hydrogen-bond acceptors (Lipinski definition) is 2. The van der Waals surface area contributed by atoms with Gasteiger partial charge in [0.2, 0.25) is 0 Å². The molecule has 0 aliphatic carbocycles. The summed E-state index contributed by atoms with van der Waals surface area (Å²) in [6, 6.07) is 12.6. The van der Waals surface area contributed by atoms with Crippen molar-refractivity contribution in [3.05, 3.63) is 63.6 Å². The van der Waals surface area contributed by atoms with Crippen LogP contribution >= 0.6 is 15.9 Å². The Morgan fingerprint density at radius 2 is 2.00 bits per heavy atom. The molecule has 0 spiro atoms. The average Bonchev–Trinajstić information content (AvgIpc) is 2.41. The number of nitrogens with one attached hydrogen (secondary N) is 1. The molecule has 1 unspecified atom stereocenters. The summed E-state index contributed by atoms with van der Waals surface area (Å²) < 4.78 is 0.976. The van der Waals surface area contributed by atoms with Crippen molar-refractivity contribution in [1.82, 2.24) is 5.32 Å². The summed E-state index contributed by atoms with van der Waals surface area (Å²) in [6.07, 6.45) is 0. The number of aromatic hydroxyl groups is 1. The second-order valence-corrected chi connectivity index (χ2v) is 5.67. The molecule has 0 heterocycles. The van der Waals surface area contributed by atoms with Crippen molar-refractivity contribution in [3.8, 4) is 5.75 Å². The largest absolute Gasteiger partial charge is 0.508 e. The van der Waals surface area contributed by atoms with E-state index >= 15 is 0 Å². The molecule has 0 saturated heterocycles. The third-order valence-corrected chi connectivity index (χ3v) is 3.66. The topological polar surface area (TPSA) is 49.3 Å². The van der Waals surface area contributed by atoms with Gasteiger partial charge in [0.05, 0.1) is 6.04 Å². The standard InChI is InChI=1S/C16H16BrNO2/c1-10-6-7-13(9-15(10)19)16(20)18-11(2)12-4-3-5-14(17)8-12/h3-9,11,19H,1-2H3,(H,18,20). The van der Waals surface area contributed by atoms with Crippen LogP contribution in [0.5, 0.6) is 5.75 Å². The molecule has 0 radical (unpaired) electrons. The molecule has 2 aromatic carbocycles. The number of halogens is 1. The lowest BCUT2D eigenvalue weighted by atomic mass is 10.1. The molecule has 104 valence electrons. The van der Waals surface area contributed by atoms with E-state index in [9.17, 15) is 9.90 Å². The molecule has 4 heteroatoms. The van der Waals surface area contributed by atoms with Crippen molar-refractivity contribution in [2.24, 2.45) is 0 Å². The molecule has 3 nitrogen and oxygen atoms in total. The Morgan fingerprint density at radius 1 is 1.25 bits per heavy atom. The summed E-state index contributed by atoms with van der Waals surface area (Å²) >= 11 is 3.41. The molecule has 0 fully saturated rings. The van der Waals surface area contributed by atoms with E-state index in [1.807, 2.05) is 31.2 Å². The summed E-state index contributed by atoms with van der Waals surface area (Å²) in [6.45, 7) is 3.72. The van der Waals surface area contributed by atoms with Crippen LogP contribution in [-0.4, -0.2) is 11.0 Å². The first kappa shape index (κ1) is 14.6. The lowest BCUT2D eigenvalue weighted by Crippen LogP contribution is -2.26. The molecular formula is C16H16BrNO2. The fraction of sp³-hybridized carbons (Fsp3) is 0.188. The zero-order valence-corrected chi connectivity index (χ0v) is 12.9. The van der Waals surface area contributed by atoms with Gasteiger partial charge in [-0.05, 0) is 49.2 Å². The molecule has 2 rings (SSSR count). The van der Waals surface area contributed by atoms with Gasteiger partial charge in [-0.15, -0.1) is 0 Å². The fourth-order valence-electron chi connectivity index (χ4n) is 1.89. The van der Waals surface area contributed by atoms with E-state index in [-0.39, 0.29) is 17.7 Å². The van der Waals surface area contributed by atoms with E-state index in [2.05, 4.69) is 21.2 Å². The zero-order chi connectivity index (χ0) is 14.7. The number of amides is 1. The molecule has 0 saturated carbocycles. The van der Waals surface area contributed by atoms with Gasteiger partial charge in [0, 0.05) is 10.0 Å². The van der Waals surface area contributed by atoms with Crippen molar-refractivity contribution >= 4 is 21.8 Å². The van der Waals surface area contributed by atoms with Crippen LogP contribution in [0, 0.1) is 6.92 Å². The summed E-state index contributed by atoms with van der Waals surface area (Å²) in [5.74, 6) is -0.0689.